The normalized spacial score (nSPS) is 13.5. The lowest BCUT2D eigenvalue weighted by Gasteiger charge is -2.17. The molecule has 24 heavy (non-hydrogen) atoms. The second-order valence-corrected chi connectivity index (χ2v) is 6.24. The Bertz CT molecular complexity index is 743. The average Bonchev–Trinajstić information content (AvgIpc) is 2.61. The molecule has 5 nitrogen and oxygen atoms in total. The summed E-state index contributed by atoms with van der Waals surface area (Å²) < 4.78 is 15.6. The van der Waals surface area contributed by atoms with Crippen LogP contribution in [0.25, 0.3) is 0 Å². The number of non-ortho nitro benzene ring substituents is 1. The number of hydrogen-bond donors (Lipinski definition) is 1. The fourth-order valence-electron chi connectivity index (χ4n) is 2.14. The second-order valence-electron chi connectivity index (χ2n) is 5.00. The van der Waals surface area contributed by atoms with Crippen LogP contribution in [0.4, 0.5) is 5.69 Å². The van der Waals surface area contributed by atoms with E-state index in [0.29, 0.717) is 11.3 Å². The number of nitrogens with zero attached hydrogens (tertiary/aromatic N) is 1. The van der Waals surface area contributed by atoms with E-state index in [9.17, 15) is 14.3 Å². The Kier molecular flexibility index (Phi) is 6.60. The van der Waals surface area contributed by atoms with Crippen molar-refractivity contribution in [1.82, 2.24) is 4.72 Å². The van der Waals surface area contributed by atoms with Crippen LogP contribution in [-0.2, 0) is 11.0 Å². The summed E-state index contributed by atoms with van der Waals surface area (Å²) in [6.45, 7) is 3.64. The average molecular weight is 342 g/mol. The van der Waals surface area contributed by atoms with E-state index in [4.69, 9.17) is 0 Å². The minimum Gasteiger partial charge on any atom is -0.258 e. The first-order valence-corrected chi connectivity index (χ1v) is 8.51. The molecule has 0 saturated heterocycles. The van der Waals surface area contributed by atoms with Crippen LogP contribution in [0.2, 0.25) is 0 Å². The molecule has 2 atom stereocenters. The zero-order valence-corrected chi connectivity index (χ0v) is 13.8. The lowest BCUT2D eigenvalue weighted by Crippen LogP contribution is -2.23. The van der Waals surface area contributed by atoms with Crippen LogP contribution in [0.3, 0.4) is 0 Å². The van der Waals surface area contributed by atoms with Gasteiger partial charge in [0.05, 0.1) is 9.82 Å². The van der Waals surface area contributed by atoms with Crippen molar-refractivity contribution in [2.24, 2.45) is 0 Å². The molecule has 2 aromatic carbocycles. The summed E-state index contributed by atoms with van der Waals surface area (Å²) in [5, 5.41) is 10.7. The molecule has 0 amide bonds. The molecule has 0 spiro atoms. The van der Waals surface area contributed by atoms with Crippen molar-refractivity contribution in [1.29, 1.82) is 0 Å². The summed E-state index contributed by atoms with van der Waals surface area (Å²) in [5.41, 5.74) is 0.991. The monoisotopic (exact) mass is 342 g/mol. The lowest BCUT2D eigenvalue weighted by molar-refractivity contribution is -0.384. The molecule has 2 rings (SSSR count). The van der Waals surface area contributed by atoms with Gasteiger partial charge >= 0.3 is 0 Å². The van der Waals surface area contributed by atoms with Crippen molar-refractivity contribution in [3.63, 3.8) is 0 Å². The van der Waals surface area contributed by atoms with Crippen LogP contribution in [0.15, 0.2) is 84.3 Å². The molecule has 0 bridgehead atoms. The summed E-state index contributed by atoms with van der Waals surface area (Å²) in [7, 11) is -1.47. The largest absolute Gasteiger partial charge is 0.269 e. The quantitative estimate of drug-likeness (QED) is 0.446. The molecule has 0 aliphatic carbocycles. The SMILES string of the molecule is C=C/C=C/CC(NS(=O)c1ccc([N+](=O)[O-])cc1)c1ccccc1. The molecule has 0 saturated carbocycles. The summed E-state index contributed by atoms with van der Waals surface area (Å²) in [6, 6.07) is 15.3. The molecular formula is C18H18N2O3S. The fraction of sp³-hybridized carbons (Fsp3) is 0.111. The van der Waals surface area contributed by atoms with Crippen LogP contribution in [0.1, 0.15) is 18.0 Å². The predicted octanol–water partition coefficient (Wildman–Crippen LogP) is 4.08. The van der Waals surface area contributed by atoms with Crippen LogP contribution in [0, 0.1) is 10.1 Å². The number of benzene rings is 2. The van der Waals surface area contributed by atoms with Gasteiger partial charge in [0.1, 0.15) is 11.0 Å². The number of nitro groups is 1. The number of nitro benzene ring substituents is 1. The number of rotatable bonds is 8. The first-order valence-electron chi connectivity index (χ1n) is 7.36. The van der Waals surface area contributed by atoms with Crippen molar-refractivity contribution in [3.8, 4) is 0 Å². The van der Waals surface area contributed by atoms with Crippen molar-refractivity contribution >= 4 is 16.7 Å². The third-order valence-electron chi connectivity index (χ3n) is 3.36. The maximum Gasteiger partial charge on any atom is 0.269 e. The minimum atomic E-state index is -1.47. The van der Waals surface area contributed by atoms with Crippen LogP contribution >= 0.6 is 0 Å². The van der Waals surface area contributed by atoms with Gasteiger partial charge in [-0.15, -0.1) is 0 Å². The molecule has 0 heterocycles. The summed E-state index contributed by atoms with van der Waals surface area (Å²) >= 11 is 0. The zero-order chi connectivity index (χ0) is 17.4. The van der Waals surface area contributed by atoms with E-state index in [1.165, 1.54) is 24.3 Å². The Morgan fingerprint density at radius 3 is 2.42 bits per heavy atom. The highest BCUT2D eigenvalue weighted by Crippen LogP contribution is 2.20. The molecule has 2 unspecified atom stereocenters. The standard InChI is InChI=1S/C18H18N2O3S/c1-2-3-5-10-18(15-8-6-4-7-9-15)19-24(23)17-13-11-16(12-14-17)20(21)22/h2-9,11-14,18-19H,1,10H2/b5-3+. The molecule has 124 valence electrons. The van der Waals surface area contributed by atoms with Gasteiger partial charge in [-0.05, 0) is 24.1 Å². The molecule has 0 aromatic heterocycles. The van der Waals surface area contributed by atoms with Crippen LogP contribution in [0.5, 0.6) is 0 Å². The maximum absolute atomic E-state index is 12.5. The highest BCUT2D eigenvalue weighted by Gasteiger charge is 2.15. The molecule has 0 fully saturated rings. The van der Waals surface area contributed by atoms with Gasteiger partial charge in [-0.1, -0.05) is 55.1 Å². The fourth-order valence-corrected chi connectivity index (χ4v) is 3.15. The van der Waals surface area contributed by atoms with Crippen molar-refractivity contribution in [3.05, 3.63) is 95.1 Å². The van der Waals surface area contributed by atoms with E-state index in [0.717, 1.165) is 5.56 Å². The Morgan fingerprint density at radius 2 is 1.83 bits per heavy atom. The Morgan fingerprint density at radius 1 is 1.17 bits per heavy atom. The molecule has 2 aromatic rings. The summed E-state index contributed by atoms with van der Waals surface area (Å²) in [5.74, 6) is 0. The van der Waals surface area contributed by atoms with Gasteiger partial charge in [0.25, 0.3) is 5.69 Å². The molecule has 0 aliphatic heterocycles. The highest BCUT2D eigenvalue weighted by atomic mass is 32.2. The van der Waals surface area contributed by atoms with Gasteiger partial charge in [-0.25, -0.2) is 8.93 Å². The third-order valence-corrected chi connectivity index (χ3v) is 4.56. The van der Waals surface area contributed by atoms with Gasteiger partial charge in [0.15, 0.2) is 0 Å². The van der Waals surface area contributed by atoms with Gasteiger partial charge in [0.2, 0.25) is 0 Å². The van der Waals surface area contributed by atoms with E-state index in [1.807, 2.05) is 42.5 Å². The van der Waals surface area contributed by atoms with Crippen molar-refractivity contribution < 1.29 is 9.13 Å². The van der Waals surface area contributed by atoms with E-state index < -0.39 is 15.9 Å². The van der Waals surface area contributed by atoms with E-state index in [1.54, 1.807) is 6.08 Å². The summed E-state index contributed by atoms with van der Waals surface area (Å²) in [4.78, 5) is 10.7. The minimum absolute atomic E-state index is 0.0238. The number of nitrogens with one attached hydrogen (secondary N) is 1. The maximum atomic E-state index is 12.5. The van der Waals surface area contributed by atoms with E-state index in [2.05, 4.69) is 11.3 Å². The van der Waals surface area contributed by atoms with Gasteiger partial charge in [-0.3, -0.25) is 10.1 Å². The lowest BCUT2D eigenvalue weighted by atomic mass is 10.0. The topological polar surface area (TPSA) is 72.2 Å². The molecule has 1 N–H and O–H groups in total. The van der Waals surface area contributed by atoms with Gasteiger partial charge < -0.3 is 0 Å². The second kappa shape index (κ2) is 8.90. The smallest absolute Gasteiger partial charge is 0.258 e. The van der Waals surface area contributed by atoms with Crippen molar-refractivity contribution in [2.45, 2.75) is 17.4 Å². The molecule has 0 radical (unpaired) electrons. The number of hydrogen-bond acceptors (Lipinski definition) is 3. The van der Waals surface area contributed by atoms with Gasteiger partial charge in [-0.2, -0.15) is 0 Å². The molecule has 6 heteroatoms. The van der Waals surface area contributed by atoms with Crippen molar-refractivity contribution in [2.75, 3.05) is 0 Å². The zero-order valence-electron chi connectivity index (χ0n) is 13.0. The highest BCUT2D eigenvalue weighted by molar-refractivity contribution is 7.83. The van der Waals surface area contributed by atoms with E-state index >= 15 is 0 Å². The van der Waals surface area contributed by atoms with Gasteiger partial charge in [0, 0.05) is 18.2 Å². The Balaban J connectivity index is 2.15. The number of allylic oxidation sites excluding steroid dienone is 2. The predicted molar refractivity (Wildman–Crippen MR) is 95.8 cm³/mol. The molecular weight excluding hydrogens is 324 g/mol. The first-order chi connectivity index (χ1) is 11.6. The van der Waals surface area contributed by atoms with Crippen LogP contribution in [-0.4, -0.2) is 9.13 Å². The Hall–Kier alpha value is -2.57. The first kappa shape index (κ1) is 17.8. The van der Waals surface area contributed by atoms with E-state index in [-0.39, 0.29) is 11.7 Å². The summed E-state index contributed by atoms with van der Waals surface area (Å²) in [6.07, 6.45) is 6.13. The molecule has 0 aliphatic rings. The Labute approximate surface area is 143 Å². The van der Waals surface area contributed by atoms with Crippen LogP contribution < -0.4 is 4.72 Å². The third kappa shape index (κ3) is 4.97.